The van der Waals surface area contributed by atoms with Crippen molar-refractivity contribution in [2.45, 2.75) is 25.7 Å². The molecule has 3 N–H and O–H groups in total. The van der Waals surface area contributed by atoms with E-state index in [1.165, 1.54) is 52.0 Å². The van der Waals surface area contributed by atoms with Gasteiger partial charge in [0.05, 0.1) is 5.92 Å². The molecule has 2 aliphatic rings. The Balaban J connectivity index is 0.000000635. The highest BCUT2D eigenvalue weighted by molar-refractivity contribution is 7.22. The zero-order valence-electron chi connectivity index (χ0n) is 25.6. The van der Waals surface area contributed by atoms with E-state index in [1.54, 1.807) is 23.3 Å². The van der Waals surface area contributed by atoms with Crippen LogP contribution in [0.2, 0.25) is 0 Å². The number of hydrogen-bond donors (Lipinski definition) is 3. The fourth-order valence-corrected chi connectivity index (χ4v) is 6.93. The first-order chi connectivity index (χ1) is 22.2. The lowest BCUT2D eigenvalue weighted by molar-refractivity contribution is -0.159. The first-order valence-electron chi connectivity index (χ1n) is 15.2. The van der Waals surface area contributed by atoms with Crippen molar-refractivity contribution in [3.63, 3.8) is 0 Å². The summed E-state index contributed by atoms with van der Waals surface area (Å²) >= 11 is 1.80. The van der Waals surface area contributed by atoms with Gasteiger partial charge in [-0.2, -0.15) is 0 Å². The fourth-order valence-electron chi connectivity index (χ4n) is 5.70. The number of nitrogens with one attached hydrogen (secondary N) is 1. The van der Waals surface area contributed by atoms with Crippen LogP contribution < -0.4 is 10.1 Å². The summed E-state index contributed by atoms with van der Waals surface area (Å²) in [5.41, 5.74) is 4.44. The van der Waals surface area contributed by atoms with Crippen LogP contribution in [-0.4, -0.2) is 83.6 Å². The van der Waals surface area contributed by atoms with Gasteiger partial charge in [0.25, 0.3) is 0 Å². The normalized spacial score (nSPS) is 16.2. The van der Waals surface area contributed by atoms with Gasteiger partial charge in [0, 0.05) is 41.8 Å². The van der Waals surface area contributed by atoms with Crippen molar-refractivity contribution < 1.29 is 34.1 Å². The van der Waals surface area contributed by atoms with Crippen LogP contribution in [0.25, 0.3) is 20.5 Å². The number of aliphatic carboxylic acids is 2. The molecule has 11 heteroatoms. The predicted molar refractivity (Wildman–Crippen MR) is 177 cm³/mol. The van der Waals surface area contributed by atoms with Crippen LogP contribution in [0, 0.1) is 5.92 Å². The van der Waals surface area contributed by atoms with Crippen molar-refractivity contribution in [2.24, 2.45) is 5.92 Å². The summed E-state index contributed by atoms with van der Waals surface area (Å²) in [5, 5.41) is 19.1. The van der Waals surface area contributed by atoms with Crippen molar-refractivity contribution in [2.75, 3.05) is 45.2 Å². The second kappa shape index (κ2) is 15.0. The van der Waals surface area contributed by atoms with Crippen LogP contribution in [0.15, 0.2) is 72.8 Å². The molecule has 10 nitrogen and oxygen atoms in total. The second-order valence-electron chi connectivity index (χ2n) is 11.5. The minimum atomic E-state index is -1.82. The van der Waals surface area contributed by atoms with Crippen LogP contribution in [0.5, 0.6) is 5.75 Å². The van der Waals surface area contributed by atoms with Gasteiger partial charge in [0.15, 0.2) is 0 Å². The molecule has 1 aromatic heterocycles. The highest BCUT2D eigenvalue weighted by atomic mass is 32.1. The number of carbonyl (C=O) groups excluding carboxylic acids is 2. The van der Waals surface area contributed by atoms with Crippen LogP contribution in [-0.2, 0) is 25.6 Å². The van der Waals surface area contributed by atoms with Crippen LogP contribution in [0.3, 0.4) is 0 Å². The smallest absolute Gasteiger partial charge is 0.414 e. The number of fused-ring (bicyclic) bond motifs is 1. The average Bonchev–Trinajstić information content (AvgIpc) is 3.78. The Labute approximate surface area is 271 Å². The Morgan fingerprint density at radius 3 is 2.24 bits per heavy atom. The molecule has 0 bridgehead atoms. The highest BCUT2D eigenvalue weighted by Crippen LogP contribution is 2.40. The molecule has 0 saturated carbocycles. The zero-order valence-corrected chi connectivity index (χ0v) is 26.4. The summed E-state index contributed by atoms with van der Waals surface area (Å²) in [5.74, 6) is -3.10. The standard InChI is InChI=1S/C33H35N3O3S.C2H2O4/c1-35-22-25(21-31(35)37)33(38)34-26-12-10-24(11-13-26)32-29(28-6-2-3-7-30(28)40-32)20-23-8-14-27(15-9-23)39-19-18-36-16-4-5-17-36;3-1(4)2(5)6/h2-3,6-15,25H,4-5,16-22H2,1H3,(H,34,38);(H,3,4)(H,5,6). The molecular formula is C35H37N3O7S. The van der Waals surface area contributed by atoms with Gasteiger partial charge in [0.1, 0.15) is 12.4 Å². The third-order valence-electron chi connectivity index (χ3n) is 8.19. The lowest BCUT2D eigenvalue weighted by Gasteiger charge is -2.15. The molecule has 1 atom stereocenters. The van der Waals surface area contributed by atoms with E-state index in [0.717, 1.165) is 36.6 Å². The van der Waals surface area contributed by atoms with Crippen molar-refractivity contribution in [1.82, 2.24) is 9.80 Å². The van der Waals surface area contributed by atoms with Gasteiger partial charge in [0.2, 0.25) is 11.8 Å². The van der Waals surface area contributed by atoms with Gasteiger partial charge in [-0.15, -0.1) is 11.3 Å². The fraction of sp³-hybridized carbons (Fsp3) is 0.314. The Morgan fingerprint density at radius 1 is 0.935 bits per heavy atom. The van der Waals surface area contributed by atoms with E-state index in [9.17, 15) is 9.59 Å². The quantitative estimate of drug-likeness (QED) is 0.212. The molecule has 0 spiro atoms. The number of hydrogen-bond acceptors (Lipinski definition) is 7. The van der Waals surface area contributed by atoms with Crippen molar-refractivity contribution in [1.29, 1.82) is 0 Å². The Morgan fingerprint density at radius 2 is 1.61 bits per heavy atom. The molecule has 2 saturated heterocycles. The number of rotatable bonds is 9. The zero-order chi connectivity index (χ0) is 32.6. The van der Waals surface area contributed by atoms with Gasteiger partial charge in [-0.05, 0) is 84.8 Å². The minimum Gasteiger partial charge on any atom is -0.492 e. The molecule has 1 unspecified atom stereocenters. The van der Waals surface area contributed by atoms with Gasteiger partial charge in [-0.1, -0.05) is 42.5 Å². The number of ether oxygens (including phenoxy) is 1. The van der Waals surface area contributed by atoms with Gasteiger partial charge < -0.3 is 25.2 Å². The maximum atomic E-state index is 12.7. The monoisotopic (exact) mass is 643 g/mol. The predicted octanol–water partition coefficient (Wildman–Crippen LogP) is 5.21. The van der Waals surface area contributed by atoms with Gasteiger partial charge >= 0.3 is 11.9 Å². The molecule has 240 valence electrons. The number of amides is 2. The SMILES string of the molecule is CN1CC(C(=O)Nc2ccc(-c3sc4ccccc4c3Cc3ccc(OCCN4CCCC4)cc3)cc2)CC1=O.O=C(O)C(=O)O. The number of benzene rings is 3. The summed E-state index contributed by atoms with van der Waals surface area (Å²) in [7, 11) is 1.74. The molecule has 3 aromatic carbocycles. The van der Waals surface area contributed by atoms with Gasteiger partial charge in [-0.3, -0.25) is 14.5 Å². The van der Waals surface area contributed by atoms with E-state index < -0.39 is 11.9 Å². The van der Waals surface area contributed by atoms with E-state index in [-0.39, 0.29) is 24.2 Å². The summed E-state index contributed by atoms with van der Waals surface area (Å²) in [4.78, 5) is 48.0. The lowest BCUT2D eigenvalue weighted by atomic mass is 9.99. The number of nitrogens with zero attached hydrogens (tertiary/aromatic N) is 2. The van der Waals surface area contributed by atoms with E-state index >= 15 is 0 Å². The first-order valence-corrected chi connectivity index (χ1v) is 16.1. The molecule has 4 aromatic rings. The third-order valence-corrected chi connectivity index (χ3v) is 9.45. The number of carboxylic acid groups (broad SMARTS) is 2. The van der Waals surface area contributed by atoms with Crippen molar-refractivity contribution >= 4 is 50.9 Å². The molecule has 6 rings (SSSR count). The third kappa shape index (κ3) is 8.29. The molecule has 2 fully saturated rings. The molecule has 0 radical (unpaired) electrons. The Bertz CT molecular complexity index is 1680. The molecular weight excluding hydrogens is 606 g/mol. The topological polar surface area (TPSA) is 136 Å². The van der Waals surface area contributed by atoms with E-state index in [4.69, 9.17) is 24.5 Å². The molecule has 2 aliphatic heterocycles. The Hall–Kier alpha value is -4.74. The lowest BCUT2D eigenvalue weighted by Crippen LogP contribution is -2.25. The number of likely N-dealkylation sites (tertiary alicyclic amines) is 2. The van der Waals surface area contributed by atoms with Crippen LogP contribution in [0.4, 0.5) is 5.69 Å². The number of carbonyl (C=O) groups is 4. The first kappa shape index (κ1) is 32.6. The molecule has 0 aliphatic carbocycles. The summed E-state index contributed by atoms with van der Waals surface area (Å²) in [6.45, 7) is 4.57. The van der Waals surface area contributed by atoms with Crippen molar-refractivity contribution in [3.8, 4) is 16.2 Å². The summed E-state index contributed by atoms with van der Waals surface area (Å²) < 4.78 is 7.28. The largest absolute Gasteiger partial charge is 0.492 e. The van der Waals surface area contributed by atoms with E-state index in [2.05, 4.69) is 70.9 Å². The Kier molecular flexibility index (Phi) is 10.7. The summed E-state index contributed by atoms with van der Waals surface area (Å²) in [6, 6.07) is 25.1. The van der Waals surface area contributed by atoms with Crippen LogP contribution >= 0.6 is 11.3 Å². The number of carboxylic acids is 2. The maximum absolute atomic E-state index is 12.7. The molecule has 3 heterocycles. The van der Waals surface area contributed by atoms with Crippen LogP contribution in [0.1, 0.15) is 30.4 Å². The number of thiophene rings is 1. The minimum absolute atomic E-state index is 0.0208. The maximum Gasteiger partial charge on any atom is 0.414 e. The van der Waals surface area contributed by atoms with E-state index in [1.807, 2.05) is 12.1 Å². The van der Waals surface area contributed by atoms with E-state index in [0.29, 0.717) is 6.54 Å². The highest BCUT2D eigenvalue weighted by Gasteiger charge is 2.32. The second-order valence-corrected chi connectivity index (χ2v) is 12.5. The van der Waals surface area contributed by atoms with Gasteiger partial charge in [-0.25, -0.2) is 9.59 Å². The average molecular weight is 644 g/mol. The molecule has 46 heavy (non-hydrogen) atoms. The van der Waals surface area contributed by atoms with Crippen molar-refractivity contribution in [3.05, 3.63) is 83.9 Å². The number of anilines is 1. The molecule has 2 amide bonds. The summed E-state index contributed by atoms with van der Waals surface area (Å²) in [6.07, 6.45) is 3.71.